The van der Waals surface area contributed by atoms with E-state index >= 15 is 0 Å². The number of nitrogens with one attached hydrogen (secondary N) is 2. The number of aryl methyl sites for hydroxylation is 2. The first-order valence-electron chi connectivity index (χ1n) is 6.32. The predicted molar refractivity (Wildman–Crippen MR) is 79.0 cm³/mol. The molecule has 0 fully saturated rings. The molecule has 1 atom stereocenters. The normalized spacial score (nSPS) is 12.3. The summed E-state index contributed by atoms with van der Waals surface area (Å²) in [5.74, 6) is -0.202. The first-order valence-corrected chi connectivity index (χ1v) is 7.47. The molecule has 1 aromatic carbocycles. The number of aromatic nitrogens is 2. The van der Waals surface area contributed by atoms with E-state index in [1.54, 1.807) is 13.8 Å². The Morgan fingerprint density at radius 1 is 1.50 bits per heavy atom. The largest absolute Gasteiger partial charge is 0.430 e. The third-order valence-corrected chi connectivity index (χ3v) is 4.15. The molecular weight excluding hydrogens is 307 g/mol. The topological polar surface area (TPSA) is 94.7 Å². The fourth-order valence-electron chi connectivity index (χ4n) is 2.24. The molecule has 0 aliphatic carbocycles. The fourth-order valence-corrected chi connectivity index (χ4v) is 3.07. The molecule has 0 amide bonds. The molecule has 0 saturated carbocycles. The maximum Gasteiger partial charge on any atom is 0.231 e. The summed E-state index contributed by atoms with van der Waals surface area (Å²) in [5, 5.41) is 9.79. The average Bonchev–Trinajstić information content (AvgIpc) is 3.09. The molecule has 6 nitrogen and oxygen atoms in total. The van der Waals surface area contributed by atoms with E-state index in [9.17, 15) is 8.60 Å². The number of aromatic amines is 1. The van der Waals surface area contributed by atoms with Crippen LogP contribution in [-0.2, 0) is 11.0 Å². The number of oxazole rings is 1. The van der Waals surface area contributed by atoms with Gasteiger partial charge in [0.1, 0.15) is 17.6 Å². The second kappa shape index (κ2) is 5.27. The lowest BCUT2D eigenvalue weighted by atomic mass is 10.1. The number of nitriles is 1. The number of anilines is 1. The summed E-state index contributed by atoms with van der Waals surface area (Å²) in [4.78, 5) is 6.70. The van der Waals surface area contributed by atoms with Gasteiger partial charge in [-0.1, -0.05) is 0 Å². The number of hydrogen-bond donors (Lipinski definition) is 2. The van der Waals surface area contributed by atoms with Crippen LogP contribution in [0.4, 0.5) is 10.1 Å². The van der Waals surface area contributed by atoms with Crippen LogP contribution in [0.5, 0.6) is 0 Å². The molecule has 2 heterocycles. The summed E-state index contributed by atoms with van der Waals surface area (Å²) in [6, 6.07) is 3.33. The van der Waals surface area contributed by atoms with Crippen molar-refractivity contribution in [2.45, 2.75) is 18.9 Å². The van der Waals surface area contributed by atoms with Crippen molar-refractivity contribution in [2.75, 3.05) is 4.72 Å². The SMILES string of the molecule is Cc1ncc(S(=O)Nc2c(F)cc(C)c3c(C#N)c[nH]c23)o1. The second-order valence-corrected chi connectivity index (χ2v) is 5.83. The third-order valence-electron chi connectivity index (χ3n) is 3.20. The Hall–Kier alpha value is -2.66. The van der Waals surface area contributed by atoms with Crippen molar-refractivity contribution in [3.8, 4) is 6.07 Å². The number of fused-ring (bicyclic) bond motifs is 1. The third kappa shape index (κ3) is 2.25. The van der Waals surface area contributed by atoms with Crippen LogP contribution >= 0.6 is 0 Å². The number of benzene rings is 1. The second-order valence-electron chi connectivity index (χ2n) is 4.68. The summed E-state index contributed by atoms with van der Waals surface area (Å²) in [7, 11) is -1.80. The van der Waals surface area contributed by atoms with E-state index in [1.807, 2.05) is 6.07 Å². The molecule has 3 rings (SSSR count). The van der Waals surface area contributed by atoms with Gasteiger partial charge in [-0.05, 0) is 18.6 Å². The van der Waals surface area contributed by atoms with Gasteiger partial charge in [-0.3, -0.25) is 4.72 Å². The molecule has 22 heavy (non-hydrogen) atoms. The zero-order valence-corrected chi connectivity index (χ0v) is 12.5. The Morgan fingerprint density at radius 3 is 2.91 bits per heavy atom. The summed E-state index contributed by atoms with van der Waals surface area (Å²) in [6.45, 7) is 3.33. The van der Waals surface area contributed by atoms with Gasteiger partial charge < -0.3 is 9.40 Å². The lowest BCUT2D eigenvalue weighted by Gasteiger charge is -2.08. The van der Waals surface area contributed by atoms with Gasteiger partial charge in [-0.2, -0.15) is 5.26 Å². The predicted octanol–water partition coefficient (Wildman–Crippen LogP) is 2.92. The van der Waals surface area contributed by atoms with E-state index in [2.05, 4.69) is 14.7 Å². The standard InChI is InChI=1S/C14H11FN4O2S/c1-7-3-10(15)13(14-12(7)9(4-16)5-18-14)19-22(20)11-6-17-8(2)21-11/h3,5-6,18-19H,1-2H3. The minimum atomic E-state index is -1.80. The lowest BCUT2D eigenvalue weighted by molar-refractivity contribution is 0.435. The van der Waals surface area contributed by atoms with Crippen LogP contribution in [0.25, 0.3) is 10.9 Å². The quantitative estimate of drug-likeness (QED) is 0.776. The summed E-state index contributed by atoms with van der Waals surface area (Å²) in [5.41, 5.74) is 1.43. The van der Waals surface area contributed by atoms with Crippen LogP contribution in [0.3, 0.4) is 0 Å². The van der Waals surface area contributed by atoms with Crippen molar-refractivity contribution < 1.29 is 13.0 Å². The van der Waals surface area contributed by atoms with Crippen LogP contribution in [-0.4, -0.2) is 14.2 Å². The molecular formula is C14H11FN4O2S. The molecule has 2 N–H and O–H groups in total. The van der Waals surface area contributed by atoms with Crippen LogP contribution in [0, 0.1) is 31.0 Å². The lowest BCUT2D eigenvalue weighted by Crippen LogP contribution is -2.06. The smallest absolute Gasteiger partial charge is 0.231 e. The summed E-state index contributed by atoms with van der Waals surface area (Å²) in [6.07, 6.45) is 2.81. The fraction of sp³-hybridized carbons (Fsp3) is 0.143. The molecule has 0 bridgehead atoms. The van der Waals surface area contributed by atoms with Crippen LogP contribution in [0.2, 0.25) is 0 Å². The van der Waals surface area contributed by atoms with Crippen LogP contribution < -0.4 is 4.72 Å². The molecule has 0 aliphatic heterocycles. The maximum absolute atomic E-state index is 14.2. The Balaban J connectivity index is 2.09. The summed E-state index contributed by atoms with van der Waals surface area (Å²) < 4.78 is 34.2. The van der Waals surface area contributed by atoms with E-state index in [1.165, 1.54) is 18.5 Å². The average molecular weight is 318 g/mol. The van der Waals surface area contributed by atoms with Crippen molar-refractivity contribution in [2.24, 2.45) is 0 Å². The number of hydrogen-bond acceptors (Lipinski definition) is 4. The monoisotopic (exact) mass is 318 g/mol. The van der Waals surface area contributed by atoms with E-state index in [0.717, 1.165) is 0 Å². The molecule has 112 valence electrons. The van der Waals surface area contributed by atoms with Gasteiger partial charge in [-0.15, -0.1) is 0 Å². The Kier molecular flexibility index (Phi) is 3.42. The minimum Gasteiger partial charge on any atom is -0.430 e. The van der Waals surface area contributed by atoms with Gasteiger partial charge in [0, 0.05) is 18.5 Å². The first kappa shape index (κ1) is 14.3. The molecule has 0 spiro atoms. The van der Waals surface area contributed by atoms with Gasteiger partial charge >= 0.3 is 0 Å². The highest BCUT2D eigenvalue weighted by molar-refractivity contribution is 7.86. The number of rotatable bonds is 3. The van der Waals surface area contributed by atoms with Crippen molar-refractivity contribution in [3.63, 3.8) is 0 Å². The van der Waals surface area contributed by atoms with E-state index in [0.29, 0.717) is 27.9 Å². The highest BCUT2D eigenvalue weighted by atomic mass is 32.2. The van der Waals surface area contributed by atoms with Gasteiger partial charge in [0.15, 0.2) is 16.9 Å². The van der Waals surface area contributed by atoms with E-state index < -0.39 is 16.8 Å². The van der Waals surface area contributed by atoms with Crippen molar-refractivity contribution in [1.82, 2.24) is 9.97 Å². The minimum absolute atomic E-state index is 0.0227. The van der Waals surface area contributed by atoms with Crippen molar-refractivity contribution in [1.29, 1.82) is 5.26 Å². The van der Waals surface area contributed by atoms with Gasteiger partial charge in [0.25, 0.3) is 0 Å². The van der Waals surface area contributed by atoms with Gasteiger partial charge in [0.2, 0.25) is 5.09 Å². The molecule has 0 saturated heterocycles. The molecule has 0 aliphatic rings. The highest BCUT2D eigenvalue weighted by Gasteiger charge is 2.18. The van der Waals surface area contributed by atoms with E-state index in [4.69, 9.17) is 9.68 Å². The molecule has 3 aromatic rings. The van der Waals surface area contributed by atoms with Gasteiger partial charge in [0.05, 0.1) is 17.3 Å². The van der Waals surface area contributed by atoms with Crippen LogP contribution in [0.15, 0.2) is 28.0 Å². The van der Waals surface area contributed by atoms with Crippen LogP contribution in [0.1, 0.15) is 17.0 Å². The van der Waals surface area contributed by atoms with Crippen molar-refractivity contribution >= 4 is 27.6 Å². The number of halogens is 1. The molecule has 2 aromatic heterocycles. The number of nitrogens with zero attached hydrogens (tertiary/aromatic N) is 2. The Labute approximate surface area is 127 Å². The van der Waals surface area contributed by atoms with Crippen molar-refractivity contribution in [3.05, 3.63) is 41.3 Å². The first-order chi connectivity index (χ1) is 10.5. The number of H-pyrrole nitrogens is 1. The zero-order chi connectivity index (χ0) is 15.9. The Morgan fingerprint density at radius 2 is 2.27 bits per heavy atom. The molecule has 8 heteroatoms. The molecule has 1 unspecified atom stereocenters. The Bertz CT molecular complexity index is 938. The zero-order valence-electron chi connectivity index (χ0n) is 11.7. The summed E-state index contributed by atoms with van der Waals surface area (Å²) >= 11 is 0. The highest BCUT2D eigenvalue weighted by Crippen LogP contribution is 2.32. The maximum atomic E-state index is 14.2. The molecule has 0 radical (unpaired) electrons. The van der Waals surface area contributed by atoms with E-state index in [-0.39, 0.29) is 10.8 Å². The van der Waals surface area contributed by atoms with Gasteiger partial charge in [-0.25, -0.2) is 13.6 Å².